The van der Waals surface area contributed by atoms with Crippen LogP contribution in [-0.2, 0) is 19.5 Å². The van der Waals surface area contributed by atoms with E-state index in [2.05, 4.69) is 34.0 Å². The van der Waals surface area contributed by atoms with Crippen molar-refractivity contribution in [2.45, 2.75) is 33.4 Å². The Kier molecular flexibility index (Phi) is 9.98. The predicted octanol–water partition coefficient (Wildman–Crippen LogP) is 3.25. The molecule has 1 aromatic carbocycles. The Balaban J connectivity index is 0.00000364. The molecule has 0 aliphatic heterocycles. The second-order valence-corrected chi connectivity index (χ2v) is 6.30. The molecule has 0 bridgehead atoms. The highest BCUT2D eigenvalue weighted by molar-refractivity contribution is 14.0. The molecule has 1 aromatic heterocycles. The lowest BCUT2D eigenvalue weighted by Crippen LogP contribution is -2.40. The molecule has 2 rings (SSSR count). The zero-order valence-corrected chi connectivity index (χ0v) is 18.5. The summed E-state index contributed by atoms with van der Waals surface area (Å²) in [5, 5.41) is 11.4. The zero-order valence-electron chi connectivity index (χ0n) is 16.2. The van der Waals surface area contributed by atoms with Gasteiger partial charge in [0.15, 0.2) is 5.96 Å². The van der Waals surface area contributed by atoms with Crippen LogP contribution in [0, 0.1) is 5.82 Å². The van der Waals surface area contributed by atoms with Crippen molar-refractivity contribution in [1.82, 2.24) is 25.0 Å². The van der Waals surface area contributed by atoms with Gasteiger partial charge in [0.25, 0.3) is 0 Å². The molecule has 0 aliphatic carbocycles. The third-order valence-corrected chi connectivity index (χ3v) is 3.84. The summed E-state index contributed by atoms with van der Waals surface area (Å²) in [5.41, 5.74) is 2.01. The third kappa shape index (κ3) is 7.66. The van der Waals surface area contributed by atoms with E-state index in [-0.39, 0.29) is 29.8 Å². The van der Waals surface area contributed by atoms with E-state index >= 15 is 0 Å². The smallest absolute Gasteiger partial charge is 0.194 e. The van der Waals surface area contributed by atoms with Crippen molar-refractivity contribution < 1.29 is 4.39 Å². The number of aromatic nitrogens is 3. The number of rotatable bonds is 8. The normalized spacial score (nSPS) is 11.0. The van der Waals surface area contributed by atoms with Crippen LogP contribution in [0.5, 0.6) is 0 Å². The maximum Gasteiger partial charge on any atom is 0.194 e. The van der Waals surface area contributed by atoms with Crippen LogP contribution in [0.15, 0.2) is 47.7 Å². The third-order valence-electron chi connectivity index (χ3n) is 3.84. The first-order valence-electron chi connectivity index (χ1n) is 8.74. The molecule has 8 heteroatoms. The Labute approximate surface area is 177 Å². The van der Waals surface area contributed by atoms with E-state index in [0.717, 1.165) is 35.9 Å². The van der Waals surface area contributed by atoms with Crippen LogP contribution < -0.4 is 5.32 Å². The highest BCUT2D eigenvalue weighted by Gasteiger charge is 2.08. The van der Waals surface area contributed by atoms with E-state index in [1.165, 1.54) is 12.1 Å². The summed E-state index contributed by atoms with van der Waals surface area (Å²) in [6.45, 7) is 10.6. The molecule has 0 unspecified atom stereocenters. The van der Waals surface area contributed by atoms with Gasteiger partial charge in [0.05, 0.1) is 6.54 Å². The summed E-state index contributed by atoms with van der Waals surface area (Å²) >= 11 is 0. The Hall–Kier alpha value is -1.97. The second kappa shape index (κ2) is 11.7. The molecule has 6 nitrogen and oxygen atoms in total. The zero-order chi connectivity index (χ0) is 18.9. The fraction of sp³-hybridized carbons (Fsp3) is 0.421. The lowest BCUT2D eigenvalue weighted by Gasteiger charge is -2.23. The average Bonchev–Trinajstić information content (AvgIpc) is 3.07. The van der Waals surface area contributed by atoms with Crippen molar-refractivity contribution >= 4 is 29.9 Å². The number of aliphatic imine (C=N–C) groups is 1. The highest BCUT2D eigenvalue weighted by Crippen LogP contribution is 2.06. The molecule has 0 fully saturated rings. The summed E-state index contributed by atoms with van der Waals surface area (Å²) in [6, 6.07) is 6.51. The van der Waals surface area contributed by atoms with Crippen LogP contribution in [0.1, 0.15) is 25.2 Å². The van der Waals surface area contributed by atoms with Crippen molar-refractivity contribution in [2.75, 3.05) is 20.1 Å². The molecule has 2 aromatic rings. The van der Waals surface area contributed by atoms with Gasteiger partial charge in [-0.15, -0.1) is 34.2 Å². The van der Waals surface area contributed by atoms with Gasteiger partial charge in [-0.3, -0.25) is 0 Å². The monoisotopic (exact) mass is 486 g/mol. The van der Waals surface area contributed by atoms with Crippen molar-refractivity contribution in [3.63, 3.8) is 0 Å². The molecular weight excluding hydrogens is 458 g/mol. The van der Waals surface area contributed by atoms with E-state index in [9.17, 15) is 4.39 Å². The number of halogens is 2. The topological polar surface area (TPSA) is 58.3 Å². The molecular formula is C19H28FIN6. The van der Waals surface area contributed by atoms with Gasteiger partial charge in [0.2, 0.25) is 0 Å². The number of nitrogens with zero attached hydrogens (tertiary/aromatic N) is 5. The fourth-order valence-corrected chi connectivity index (χ4v) is 2.49. The number of aryl methyl sites for hydroxylation is 1. The number of guanidine groups is 1. The van der Waals surface area contributed by atoms with Crippen LogP contribution in [0.25, 0.3) is 0 Å². The summed E-state index contributed by atoms with van der Waals surface area (Å²) in [4.78, 5) is 6.63. The minimum Gasteiger partial charge on any atom is -0.354 e. The molecule has 0 radical (unpaired) electrons. The van der Waals surface area contributed by atoms with Crippen LogP contribution in [0.3, 0.4) is 0 Å². The van der Waals surface area contributed by atoms with Gasteiger partial charge in [-0.1, -0.05) is 31.2 Å². The number of hydrogen-bond acceptors (Lipinski definition) is 3. The molecule has 0 spiro atoms. The van der Waals surface area contributed by atoms with Crippen molar-refractivity contribution in [3.05, 3.63) is 59.9 Å². The summed E-state index contributed by atoms with van der Waals surface area (Å²) < 4.78 is 15.1. The quantitative estimate of drug-likeness (QED) is 0.270. The van der Waals surface area contributed by atoms with Gasteiger partial charge >= 0.3 is 0 Å². The first-order chi connectivity index (χ1) is 12.5. The second-order valence-electron chi connectivity index (χ2n) is 6.30. The first-order valence-corrected chi connectivity index (χ1v) is 8.74. The lowest BCUT2D eigenvalue weighted by molar-refractivity contribution is 0.471. The van der Waals surface area contributed by atoms with Gasteiger partial charge in [0.1, 0.15) is 18.0 Å². The molecule has 0 saturated heterocycles. The van der Waals surface area contributed by atoms with Gasteiger partial charge in [-0.05, 0) is 24.6 Å². The molecule has 1 N–H and O–H groups in total. The molecule has 0 aliphatic rings. The molecule has 0 saturated carbocycles. The van der Waals surface area contributed by atoms with Gasteiger partial charge in [0, 0.05) is 33.1 Å². The van der Waals surface area contributed by atoms with E-state index < -0.39 is 0 Å². The standard InChI is InChI=1S/C19H27FN6.HI/c1-5-18-24-23-14-26(18)11-10-21-19(22-12-15(2)3)25(4)13-16-6-8-17(20)9-7-16;/h6-9,14H,2,5,10-13H2,1,3-4H3,(H,21,22);1H. The number of hydrogen-bond donors (Lipinski definition) is 1. The predicted molar refractivity (Wildman–Crippen MR) is 118 cm³/mol. The van der Waals surface area contributed by atoms with E-state index in [4.69, 9.17) is 0 Å². The largest absolute Gasteiger partial charge is 0.354 e. The fourth-order valence-electron chi connectivity index (χ4n) is 2.49. The molecule has 1 heterocycles. The lowest BCUT2D eigenvalue weighted by atomic mass is 10.2. The van der Waals surface area contributed by atoms with E-state index in [1.54, 1.807) is 18.5 Å². The number of nitrogens with one attached hydrogen (secondary N) is 1. The number of benzene rings is 1. The Bertz CT molecular complexity index is 741. The first kappa shape index (κ1) is 23.1. The summed E-state index contributed by atoms with van der Waals surface area (Å²) in [7, 11) is 1.96. The average molecular weight is 486 g/mol. The Morgan fingerprint density at radius 1 is 1.33 bits per heavy atom. The van der Waals surface area contributed by atoms with Crippen LogP contribution in [0.4, 0.5) is 4.39 Å². The Morgan fingerprint density at radius 3 is 2.67 bits per heavy atom. The van der Waals surface area contributed by atoms with Crippen LogP contribution >= 0.6 is 24.0 Å². The van der Waals surface area contributed by atoms with Gasteiger partial charge in [-0.2, -0.15) is 0 Å². The van der Waals surface area contributed by atoms with Crippen molar-refractivity contribution in [1.29, 1.82) is 0 Å². The van der Waals surface area contributed by atoms with E-state index in [1.807, 2.05) is 23.4 Å². The van der Waals surface area contributed by atoms with Gasteiger partial charge < -0.3 is 14.8 Å². The minimum absolute atomic E-state index is 0. The maximum atomic E-state index is 13.1. The van der Waals surface area contributed by atoms with Crippen LogP contribution in [-0.4, -0.2) is 45.8 Å². The van der Waals surface area contributed by atoms with Gasteiger partial charge in [-0.25, -0.2) is 9.38 Å². The highest BCUT2D eigenvalue weighted by atomic mass is 127. The molecule has 0 amide bonds. The van der Waals surface area contributed by atoms with Crippen LogP contribution in [0.2, 0.25) is 0 Å². The molecule has 27 heavy (non-hydrogen) atoms. The SMILES string of the molecule is C=C(C)CN=C(NCCn1cnnc1CC)N(C)Cc1ccc(F)cc1.I. The summed E-state index contributed by atoms with van der Waals surface area (Å²) in [6.07, 6.45) is 2.59. The molecule has 0 atom stereocenters. The Morgan fingerprint density at radius 2 is 2.04 bits per heavy atom. The minimum atomic E-state index is -0.230. The van der Waals surface area contributed by atoms with Crippen molar-refractivity contribution in [3.8, 4) is 0 Å². The maximum absolute atomic E-state index is 13.1. The van der Waals surface area contributed by atoms with E-state index in [0.29, 0.717) is 19.6 Å². The van der Waals surface area contributed by atoms with Crippen molar-refractivity contribution in [2.24, 2.45) is 4.99 Å². The summed E-state index contributed by atoms with van der Waals surface area (Å²) in [5.74, 6) is 1.52. The molecule has 148 valence electrons.